The van der Waals surface area contributed by atoms with Crippen LogP contribution in [-0.2, 0) is 6.54 Å². The molecule has 0 atom stereocenters. The Hall–Kier alpha value is -2.11. The van der Waals surface area contributed by atoms with Crippen molar-refractivity contribution in [3.8, 4) is 0 Å². The second kappa shape index (κ2) is 5.59. The van der Waals surface area contributed by atoms with E-state index in [4.69, 9.17) is 0 Å². The number of piperidine rings is 1. The van der Waals surface area contributed by atoms with Gasteiger partial charge in [-0.25, -0.2) is 9.67 Å². The van der Waals surface area contributed by atoms with Crippen molar-refractivity contribution in [2.45, 2.75) is 44.7 Å². The fraction of sp³-hybridized carbons (Fsp3) is 0.562. The first-order valence-electron chi connectivity index (χ1n) is 8.15. The van der Waals surface area contributed by atoms with E-state index in [0.29, 0.717) is 12.6 Å². The summed E-state index contributed by atoms with van der Waals surface area (Å²) < 4.78 is 3.68. The molecule has 2 aliphatic rings. The highest BCUT2D eigenvalue weighted by Gasteiger charge is 2.25. The summed E-state index contributed by atoms with van der Waals surface area (Å²) in [5, 5.41) is 4.36. The first-order chi connectivity index (χ1) is 10.8. The normalized spacial score (nSPS) is 18.6. The summed E-state index contributed by atoms with van der Waals surface area (Å²) in [6.07, 6.45) is 11.7. The molecule has 0 radical (unpaired) electrons. The molecule has 0 amide bonds. The fourth-order valence-electron chi connectivity index (χ4n) is 3.15. The van der Waals surface area contributed by atoms with Crippen molar-refractivity contribution in [1.29, 1.82) is 0 Å². The predicted octanol–water partition coefficient (Wildman–Crippen LogP) is 1.81. The SMILES string of the molecule is O=c1cc(N2CCCCC2)cnn1Cc1nccn1C1CC1. The smallest absolute Gasteiger partial charge is 0.269 e. The molecule has 0 unspecified atom stereocenters. The Balaban J connectivity index is 1.54. The van der Waals surface area contributed by atoms with Gasteiger partial charge in [-0.15, -0.1) is 0 Å². The van der Waals surface area contributed by atoms with E-state index in [1.807, 2.05) is 12.4 Å². The molecule has 2 aromatic heterocycles. The lowest BCUT2D eigenvalue weighted by Crippen LogP contribution is -2.32. The van der Waals surface area contributed by atoms with Crippen LogP contribution in [0.5, 0.6) is 0 Å². The van der Waals surface area contributed by atoms with Crippen LogP contribution < -0.4 is 10.5 Å². The highest BCUT2D eigenvalue weighted by atomic mass is 16.1. The van der Waals surface area contributed by atoms with Gasteiger partial charge in [0.1, 0.15) is 12.4 Å². The number of imidazole rings is 1. The Morgan fingerprint density at radius 2 is 2.00 bits per heavy atom. The van der Waals surface area contributed by atoms with E-state index >= 15 is 0 Å². The minimum absolute atomic E-state index is 0.0478. The minimum Gasteiger partial charge on any atom is -0.370 e. The molecular weight excluding hydrogens is 278 g/mol. The van der Waals surface area contributed by atoms with Crippen molar-refractivity contribution in [3.05, 3.63) is 40.8 Å². The highest BCUT2D eigenvalue weighted by Crippen LogP contribution is 2.35. The van der Waals surface area contributed by atoms with E-state index in [2.05, 4.69) is 19.5 Å². The largest absolute Gasteiger partial charge is 0.370 e. The van der Waals surface area contributed by atoms with Gasteiger partial charge in [-0.05, 0) is 32.1 Å². The summed E-state index contributed by atoms with van der Waals surface area (Å²) in [7, 11) is 0. The van der Waals surface area contributed by atoms with E-state index < -0.39 is 0 Å². The lowest BCUT2D eigenvalue weighted by molar-refractivity contribution is 0.560. The minimum atomic E-state index is -0.0478. The zero-order valence-corrected chi connectivity index (χ0v) is 12.7. The molecule has 0 aromatic carbocycles. The van der Waals surface area contributed by atoms with Gasteiger partial charge in [0.15, 0.2) is 0 Å². The van der Waals surface area contributed by atoms with Gasteiger partial charge in [-0.2, -0.15) is 5.10 Å². The average Bonchev–Trinajstić information content (AvgIpc) is 3.30. The van der Waals surface area contributed by atoms with Crippen molar-refractivity contribution in [3.63, 3.8) is 0 Å². The number of hydrogen-bond acceptors (Lipinski definition) is 4. The quantitative estimate of drug-likeness (QED) is 0.864. The standard InChI is InChI=1S/C16H21N5O/c22-16-10-14(19-7-2-1-3-8-19)11-18-21(16)12-15-17-6-9-20(15)13-4-5-13/h6,9-11,13H,1-5,7-8,12H2. The molecule has 4 rings (SSSR count). The van der Waals surface area contributed by atoms with Crippen LogP contribution in [0.1, 0.15) is 44.0 Å². The summed E-state index contributed by atoms with van der Waals surface area (Å²) in [6.45, 7) is 2.50. The van der Waals surface area contributed by atoms with Crippen molar-refractivity contribution in [1.82, 2.24) is 19.3 Å². The van der Waals surface area contributed by atoms with Crippen LogP contribution in [0.4, 0.5) is 5.69 Å². The zero-order valence-electron chi connectivity index (χ0n) is 12.7. The lowest BCUT2D eigenvalue weighted by Gasteiger charge is -2.28. The van der Waals surface area contributed by atoms with Crippen LogP contribution in [0.3, 0.4) is 0 Å². The molecular formula is C16H21N5O. The van der Waals surface area contributed by atoms with Gasteiger partial charge in [0, 0.05) is 37.6 Å². The Morgan fingerprint density at radius 3 is 2.73 bits per heavy atom. The molecule has 1 saturated carbocycles. The first-order valence-corrected chi connectivity index (χ1v) is 8.15. The molecule has 2 aromatic rings. The molecule has 1 aliphatic carbocycles. The lowest BCUT2D eigenvalue weighted by atomic mass is 10.1. The first kappa shape index (κ1) is 13.5. The van der Waals surface area contributed by atoms with Gasteiger partial charge < -0.3 is 9.47 Å². The predicted molar refractivity (Wildman–Crippen MR) is 84.2 cm³/mol. The second-order valence-electron chi connectivity index (χ2n) is 6.24. The van der Waals surface area contributed by atoms with Crippen molar-refractivity contribution < 1.29 is 0 Å². The fourth-order valence-corrected chi connectivity index (χ4v) is 3.15. The molecule has 1 aliphatic heterocycles. The number of aromatic nitrogens is 4. The Labute approximate surface area is 129 Å². The van der Waals surface area contributed by atoms with Crippen LogP contribution in [0.2, 0.25) is 0 Å². The Morgan fingerprint density at radius 1 is 1.18 bits per heavy atom. The van der Waals surface area contributed by atoms with E-state index in [1.54, 1.807) is 12.3 Å². The summed E-state index contributed by atoms with van der Waals surface area (Å²) >= 11 is 0. The molecule has 0 spiro atoms. The van der Waals surface area contributed by atoms with E-state index in [1.165, 1.54) is 36.8 Å². The second-order valence-corrected chi connectivity index (χ2v) is 6.24. The summed E-state index contributed by atoms with van der Waals surface area (Å²) in [4.78, 5) is 19.0. The number of nitrogens with zero attached hydrogens (tertiary/aromatic N) is 5. The maximum absolute atomic E-state index is 12.3. The van der Waals surface area contributed by atoms with Gasteiger partial charge in [0.25, 0.3) is 5.56 Å². The molecule has 116 valence electrons. The topological polar surface area (TPSA) is 56.0 Å². The number of rotatable bonds is 4. The molecule has 3 heterocycles. The summed E-state index contributed by atoms with van der Waals surface area (Å²) in [5.41, 5.74) is 0.903. The van der Waals surface area contributed by atoms with Crippen LogP contribution in [0.15, 0.2) is 29.5 Å². The van der Waals surface area contributed by atoms with Gasteiger partial charge in [-0.3, -0.25) is 4.79 Å². The van der Waals surface area contributed by atoms with Gasteiger partial charge in [0.05, 0.1) is 11.9 Å². The highest BCUT2D eigenvalue weighted by molar-refractivity contribution is 5.43. The van der Waals surface area contributed by atoms with Gasteiger partial charge in [0.2, 0.25) is 0 Å². The number of anilines is 1. The van der Waals surface area contributed by atoms with Crippen LogP contribution in [0, 0.1) is 0 Å². The molecule has 6 nitrogen and oxygen atoms in total. The van der Waals surface area contributed by atoms with Gasteiger partial charge in [-0.1, -0.05) is 0 Å². The van der Waals surface area contributed by atoms with E-state index in [9.17, 15) is 4.79 Å². The molecule has 1 saturated heterocycles. The van der Waals surface area contributed by atoms with E-state index in [0.717, 1.165) is 24.6 Å². The van der Waals surface area contributed by atoms with Crippen LogP contribution >= 0.6 is 0 Å². The van der Waals surface area contributed by atoms with Gasteiger partial charge >= 0.3 is 0 Å². The molecule has 2 fully saturated rings. The summed E-state index contributed by atoms with van der Waals surface area (Å²) in [5.74, 6) is 0.919. The molecule has 6 heteroatoms. The zero-order chi connectivity index (χ0) is 14.9. The van der Waals surface area contributed by atoms with Crippen LogP contribution in [-0.4, -0.2) is 32.4 Å². The molecule has 0 N–H and O–H groups in total. The summed E-state index contributed by atoms with van der Waals surface area (Å²) in [6, 6.07) is 2.28. The third kappa shape index (κ3) is 2.65. The van der Waals surface area contributed by atoms with E-state index in [-0.39, 0.29) is 5.56 Å². The molecule has 0 bridgehead atoms. The van der Waals surface area contributed by atoms with Crippen molar-refractivity contribution in [2.24, 2.45) is 0 Å². The molecule has 22 heavy (non-hydrogen) atoms. The number of hydrogen-bond donors (Lipinski definition) is 0. The third-order valence-corrected chi connectivity index (χ3v) is 4.56. The maximum atomic E-state index is 12.3. The third-order valence-electron chi connectivity index (χ3n) is 4.56. The average molecular weight is 299 g/mol. The maximum Gasteiger partial charge on any atom is 0.269 e. The monoisotopic (exact) mass is 299 g/mol. The van der Waals surface area contributed by atoms with Crippen LogP contribution in [0.25, 0.3) is 0 Å². The Bertz CT molecular complexity index is 709. The van der Waals surface area contributed by atoms with Crippen molar-refractivity contribution >= 4 is 5.69 Å². The van der Waals surface area contributed by atoms with Crippen molar-refractivity contribution in [2.75, 3.05) is 18.0 Å². The Kier molecular flexibility index (Phi) is 3.44.